The minimum Gasteiger partial charge on any atom is -0.345 e. The molecule has 27 heavy (non-hydrogen) atoms. The normalized spacial score (nSPS) is 22.5. The van der Waals surface area contributed by atoms with Crippen LogP contribution in [-0.4, -0.2) is 31.2 Å². The summed E-state index contributed by atoms with van der Waals surface area (Å²) in [6, 6.07) is 6.22. The van der Waals surface area contributed by atoms with E-state index < -0.39 is 33.9 Å². The maximum Gasteiger partial charge on any atom is 0.282 e. The Morgan fingerprint density at radius 2 is 1.93 bits per heavy atom. The average molecular weight is 399 g/mol. The highest BCUT2D eigenvalue weighted by atomic mass is 32.2. The van der Waals surface area contributed by atoms with Crippen LogP contribution in [0.5, 0.6) is 0 Å². The highest BCUT2D eigenvalue weighted by molar-refractivity contribution is 7.89. The second-order valence-electron chi connectivity index (χ2n) is 5.87. The Labute approximate surface area is 153 Å². The summed E-state index contributed by atoms with van der Waals surface area (Å²) >= 11 is 0. The molecule has 1 heterocycles. The molecule has 0 radical (unpaired) electrons. The van der Waals surface area contributed by atoms with Crippen molar-refractivity contribution in [1.29, 1.82) is 0 Å². The van der Waals surface area contributed by atoms with Crippen molar-refractivity contribution >= 4 is 10.0 Å². The number of benzene rings is 1. The lowest BCUT2D eigenvalue weighted by molar-refractivity contribution is -0.0912. The Hall–Kier alpha value is -2.43. The molecule has 2 unspecified atom stereocenters. The number of rotatable bonds is 5. The van der Waals surface area contributed by atoms with Crippen LogP contribution >= 0.6 is 0 Å². The van der Waals surface area contributed by atoms with Gasteiger partial charge in [-0.25, -0.2) is 31.4 Å². The first-order chi connectivity index (χ1) is 12.7. The third-order valence-corrected chi connectivity index (χ3v) is 5.11. The van der Waals surface area contributed by atoms with E-state index in [1.54, 1.807) is 6.08 Å². The fourth-order valence-corrected chi connectivity index (χ4v) is 3.33. The van der Waals surface area contributed by atoms with Crippen LogP contribution < -0.4 is 5.14 Å². The van der Waals surface area contributed by atoms with Gasteiger partial charge >= 0.3 is 0 Å². The summed E-state index contributed by atoms with van der Waals surface area (Å²) in [7, 11) is -2.74. The zero-order valence-corrected chi connectivity index (χ0v) is 14.9. The third-order valence-electron chi connectivity index (χ3n) is 4.18. The Kier molecular flexibility index (Phi) is 4.98. The number of primary sulfonamides is 1. The van der Waals surface area contributed by atoms with Gasteiger partial charge in [0.25, 0.3) is 6.43 Å². The minimum absolute atomic E-state index is 0.124. The molecule has 1 aromatic heterocycles. The van der Waals surface area contributed by atoms with Crippen molar-refractivity contribution in [2.24, 2.45) is 5.14 Å². The van der Waals surface area contributed by atoms with E-state index in [1.807, 2.05) is 0 Å². The van der Waals surface area contributed by atoms with Gasteiger partial charge in [-0.15, -0.1) is 0 Å². The largest absolute Gasteiger partial charge is 0.345 e. The van der Waals surface area contributed by atoms with E-state index in [1.165, 1.54) is 49.6 Å². The molecule has 6 nitrogen and oxygen atoms in total. The number of methoxy groups -OCH3 is 1. The van der Waals surface area contributed by atoms with Gasteiger partial charge in [0, 0.05) is 7.11 Å². The van der Waals surface area contributed by atoms with Crippen LogP contribution in [0.4, 0.5) is 13.2 Å². The molecule has 0 aliphatic heterocycles. The van der Waals surface area contributed by atoms with Crippen molar-refractivity contribution in [3.8, 4) is 5.69 Å². The van der Waals surface area contributed by atoms with Crippen molar-refractivity contribution in [3.63, 3.8) is 0 Å². The highest BCUT2D eigenvalue weighted by Crippen LogP contribution is 2.39. The van der Waals surface area contributed by atoms with Crippen LogP contribution in [0.15, 0.2) is 59.5 Å². The summed E-state index contributed by atoms with van der Waals surface area (Å²) < 4.78 is 70.4. The molecule has 1 aliphatic carbocycles. The first-order valence-corrected chi connectivity index (χ1v) is 9.31. The van der Waals surface area contributed by atoms with E-state index >= 15 is 4.39 Å². The average Bonchev–Trinajstić information content (AvgIpc) is 3.07. The summed E-state index contributed by atoms with van der Waals surface area (Å²) in [5, 5.41) is 8.91. The molecule has 0 amide bonds. The number of nitrogens with zero attached hydrogens (tertiary/aromatic N) is 2. The zero-order chi connectivity index (χ0) is 19.8. The van der Waals surface area contributed by atoms with E-state index in [-0.39, 0.29) is 16.3 Å². The number of nitrogens with two attached hydrogens (primary N) is 1. The molecule has 0 spiro atoms. The molecule has 2 aromatic rings. The minimum atomic E-state index is -3.91. The lowest BCUT2D eigenvalue weighted by atomic mass is 9.91. The summed E-state index contributed by atoms with van der Waals surface area (Å²) in [5.41, 5.74) is -0.147. The lowest BCUT2D eigenvalue weighted by Crippen LogP contribution is -2.33. The summed E-state index contributed by atoms with van der Waals surface area (Å²) in [6.07, 6.45) is 2.82. The van der Waals surface area contributed by atoms with Gasteiger partial charge in [-0.2, -0.15) is 5.10 Å². The van der Waals surface area contributed by atoms with Crippen molar-refractivity contribution in [2.75, 3.05) is 7.11 Å². The quantitative estimate of drug-likeness (QED) is 0.837. The topological polar surface area (TPSA) is 87.2 Å². The number of ether oxygens (including phenoxy) is 1. The zero-order valence-electron chi connectivity index (χ0n) is 14.1. The number of sulfonamides is 1. The Bertz CT molecular complexity index is 1000. The monoisotopic (exact) mass is 399 g/mol. The van der Waals surface area contributed by atoms with Gasteiger partial charge in [0.1, 0.15) is 5.69 Å². The van der Waals surface area contributed by atoms with Crippen LogP contribution in [0.1, 0.15) is 23.7 Å². The molecule has 0 saturated carbocycles. The van der Waals surface area contributed by atoms with Crippen molar-refractivity contribution in [3.05, 3.63) is 66.0 Å². The van der Waals surface area contributed by atoms with E-state index in [4.69, 9.17) is 9.88 Å². The molecule has 1 aromatic carbocycles. The van der Waals surface area contributed by atoms with E-state index in [0.717, 1.165) is 10.7 Å². The first kappa shape index (κ1) is 19.3. The molecule has 2 atom stereocenters. The lowest BCUT2D eigenvalue weighted by Gasteiger charge is -2.30. The van der Waals surface area contributed by atoms with Gasteiger partial charge in [0.15, 0.2) is 0 Å². The molecule has 2 N–H and O–H groups in total. The molecule has 0 saturated heterocycles. The standard InChI is InChI=1S/C17H16F3N3O3S/c1-26-17(20)9-3-2-4-13(17)15-10-14(16(18)19)22-23(15)11-5-7-12(8-6-11)27(21,24)25/h2-10,13,16H,1H3,(H2,21,24,25). The second kappa shape index (κ2) is 6.95. The SMILES string of the molecule is COC1(F)C=CC=CC1c1cc(C(F)F)nn1-c1ccc(S(N)(=O)=O)cc1. The van der Waals surface area contributed by atoms with E-state index in [2.05, 4.69) is 5.10 Å². The number of alkyl halides is 3. The smallest absolute Gasteiger partial charge is 0.282 e. The molecule has 10 heteroatoms. The van der Waals surface area contributed by atoms with E-state index in [9.17, 15) is 17.2 Å². The number of hydrogen-bond donors (Lipinski definition) is 1. The Morgan fingerprint density at radius 1 is 1.26 bits per heavy atom. The summed E-state index contributed by atoms with van der Waals surface area (Å²) in [6.45, 7) is 0. The Morgan fingerprint density at radius 3 is 2.48 bits per heavy atom. The fraction of sp³-hybridized carbons (Fsp3) is 0.235. The number of halogens is 3. The summed E-state index contributed by atoms with van der Waals surface area (Å²) in [4.78, 5) is -0.147. The molecule has 1 aliphatic rings. The van der Waals surface area contributed by atoms with Crippen molar-refractivity contribution in [2.45, 2.75) is 23.1 Å². The van der Waals surface area contributed by atoms with Crippen LogP contribution in [-0.2, 0) is 14.8 Å². The van der Waals surface area contributed by atoms with Gasteiger partial charge in [0.05, 0.1) is 22.2 Å². The second-order valence-corrected chi connectivity index (χ2v) is 7.43. The predicted octanol–water partition coefficient (Wildman–Crippen LogP) is 2.98. The van der Waals surface area contributed by atoms with Gasteiger partial charge in [-0.1, -0.05) is 18.2 Å². The highest BCUT2D eigenvalue weighted by Gasteiger charge is 2.40. The summed E-state index contributed by atoms with van der Waals surface area (Å²) in [5.74, 6) is -3.28. The van der Waals surface area contributed by atoms with Crippen LogP contribution in [0, 0.1) is 0 Å². The number of aromatic nitrogens is 2. The molecule has 0 bridgehead atoms. The molecule has 3 rings (SSSR count). The Balaban J connectivity index is 2.13. The van der Waals surface area contributed by atoms with Gasteiger partial charge in [-0.05, 0) is 36.4 Å². The molecular formula is C17H16F3N3O3S. The first-order valence-electron chi connectivity index (χ1n) is 7.77. The van der Waals surface area contributed by atoms with Gasteiger partial charge in [0.2, 0.25) is 15.9 Å². The van der Waals surface area contributed by atoms with Crippen molar-refractivity contribution in [1.82, 2.24) is 9.78 Å². The molecule has 0 fully saturated rings. The van der Waals surface area contributed by atoms with Crippen LogP contribution in [0.2, 0.25) is 0 Å². The van der Waals surface area contributed by atoms with Gasteiger partial charge < -0.3 is 4.74 Å². The number of allylic oxidation sites excluding steroid dienone is 2. The van der Waals surface area contributed by atoms with Gasteiger partial charge in [-0.3, -0.25) is 0 Å². The van der Waals surface area contributed by atoms with Crippen molar-refractivity contribution < 1.29 is 26.3 Å². The molecular weight excluding hydrogens is 383 g/mol. The predicted molar refractivity (Wildman–Crippen MR) is 91.8 cm³/mol. The van der Waals surface area contributed by atoms with E-state index in [0.29, 0.717) is 0 Å². The fourth-order valence-electron chi connectivity index (χ4n) is 2.82. The number of hydrogen-bond acceptors (Lipinski definition) is 4. The maximum atomic E-state index is 15.1. The third kappa shape index (κ3) is 3.68. The van der Waals surface area contributed by atoms with Crippen LogP contribution in [0.3, 0.4) is 0 Å². The van der Waals surface area contributed by atoms with Crippen LogP contribution in [0.25, 0.3) is 5.69 Å². The maximum absolute atomic E-state index is 15.1. The molecule has 144 valence electrons.